The van der Waals surface area contributed by atoms with Gasteiger partial charge in [0, 0.05) is 0 Å². The summed E-state index contributed by atoms with van der Waals surface area (Å²) in [7, 11) is 0. The summed E-state index contributed by atoms with van der Waals surface area (Å²) >= 11 is 0. The first-order valence-electron chi connectivity index (χ1n) is 4.95. The van der Waals surface area contributed by atoms with Crippen molar-refractivity contribution in [2.24, 2.45) is 11.8 Å². The number of rotatable bonds is 6. The molecule has 0 fully saturated rings. The zero-order valence-electron chi connectivity index (χ0n) is 9.00. The lowest BCUT2D eigenvalue weighted by molar-refractivity contribution is -0.139. The van der Waals surface area contributed by atoms with E-state index < -0.39 is 5.97 Å². The van der Waals surface area contributed by atoms with Crippen LogP contribution in [0.3, 0.4) is 0 Å². The molecule has 0 heterocycles. The molecule has 3 heteroatoms. The zero-order chi connectivity index (χ0) is 10.4. The van der Waals surface area contributed by atoms with Crippen LogP contribution < -0.4 is 5.32 Å². The van der Waals surface area contributed by atoms with Crippen LogP contribution in [-0.2, 0) is 4.79 Å². The van der Waals surface area contributed by atoms with Crippen LogP contribution in [0.4, 0.5) is 0 Å². The molecule has 0 aliphatic heterocycles. The summed E-state index contributed by atoms with van der Waals surface area (Å²) in [5.74, 6) is 0.366. The molecule has 78 valence electrons. The standard InChI is InChI=1S/C10H21NO2/c1-5-9(10(12)13)11-6-8(4)7(2)3/h7-9,11H,5-6H2,1-4H3,(H,12,13). The van der Waals surface area contributed by atoms with E-state index in [9.17, 15) is 4.79 Å². The number of hydrogen-bond donors (Lipinski definition) is 2. The van der Waals surface area contributed by atoms with Crippen molar-refractivity contribution in [1.29, 1.82) is 0 Å². The zero-order valence-corrected chi connectivity index (χ0v) is 9.00. The molecule has 0 saturated heterocycles. The fraction of sp³-hybridized carbons (Fsp3) is 0.900. The number of aliphatic carboxylic acids is 1. The normalized spacial score (nSPS) is 15.8. The van der Waals surface area contributed by atoms with Crippen LogP contribution in [0, 0.1) is 11.8 Å². The first kappa shape index (κ1) is 12.4. The van der Waals surface area contributed by atoms with Gasteiger partial charge in [-0.05, 0) is 24.8 Å². The minimum absolute atomic E-state index is 0.388. The molecule has 0 amide bonds. The van der Waals surface area contributed by atoms with E-state index in [1.807, 2.05) is 6.92 Å². The molecule has 0 spiro atoms. The quantitative estimate of drug-likeness (QED) is 0.665. The van der Waals surface area contributed by atoms with Crippen LogP contribution in [0.1, 0.15) is 34.1 Å². The highest BCUT2D eigenvalue weighted by molar-refractivity contribution is 5.73. The molecule has 0 aromatic heterocycles. The highest BCUT2D eigenvalue weighted by Crippen LogP contribution is 2.08. The van der Waals surface area contributed by atoms with E-state index in [0.29, 0.717) is 18.3 Å². The van der Waals surface area contributed by atoms with Gasteiger partial charge in [-0.1, -0.05) is 27.7 Å². The van der Waals surface area contributed by atoms with Gasteiger partial charge in [-0.15, -0.1) is 0 Å². The van der Waals surface area contributed by atoms with E-state index in [4.69, 9.17) is 5.11 Å². The third-order valence-corrected chi connectivity index (χ3v) is 2.53. The van der Waals surface area contributed by atoms with Crippen LogP contribution in [0.25, 0.3) is 0 Å². The molecule has 2 unspecified atom stereocenters. The first-order valence-corrected chi connectivity index (χ1v) is 4.95. The summed E-state index contributed by atoms with van der Waals surface area (Å²) in [6.07, 6.45) is 0.639. The number of carbonyl (C=O) groups is 1. The van der Waals surface area contributed by atoms with Gasteiger partial charge in [0.2, 0.25) is 0 Å². The SMILES string of the molecule is CCC(NCC(C)C(C)C)C(=O)O. The Morgan fingerprint density at radius 2 is 1.92 bits per heavy atom. The minimum atomic E-state index is -0.751. The molecule has 2 atom stereocenters. The van der Waals surface area contributed by atoms with Gasteiger partial charge >= 0.3 is 5.97 Å². The van der Waals surface area contributed by atoms with Gasteiger partial charge in [-0.25, -0.2) is 0 Å². The van der Waals surface area contributed by atoms with Crippen molar-refractivity contribution in [2.75, 3.05) is 6.54 Å². The van der Waals surface area contributed by atoms with Gasteiger partial charge in [-0.3, -0.25) is 4.79 Å². The summed E-state index contributed by atoms with van der Waals surface area (Å²) in [4.78, 5) is 10.7. The van der Waals surface area contributed by atoms with E-state index in [2.05, 4.69) is 26.1 Å². The Bertz CT molecular complexity index is 157. The Labute approximate surface area is 80.5 Å². The summed E-state index contributed by atoms with van der Waals surface area (Å²) in [6, 6.07) is -0.388. The second kappa shape index (κ2) is 5.97. The van der Waals surface area contributed by atoms with Crippen molar-refractivity contribution in [3.8, 4) is 0 Å². The summed E-state index contributed by atoms with van der Waals surface area (Å²) < 4.78 is 0. The average molecular weight is 187 g/mol. The fourth-order valence-electron chi connectivity index (χ4n) is 0.970. The molecular weight excluding hydrogens is 166 g/mol. The monoisotopic (exact) mass is 187 g/mol. The smallest absolute Gasteiger partial charge is 0.320 e. The van der Waals surface area contributed by atoms with Crippen molar-refractivity contribution < 1.29 is 9.90 Å². The lowest BCUT2D eigenvalue weighted by Crippen LogP contribution is -2.39. The Kier molecular flexibility index (Phi) is 5.71. The van der Waals surface area contributed by atoms with Crippen molar-refractivity contribution in [1.82, 2.24) is 5.32 Å². The number of carboxylic acids is 1. The van der Waals surface area contributed by atoms with Crippen molar-refractivity contribution in [3.63, 3.8) is 0 Å². The first-order chi connectivity index (χ1) is 5.99. The van der Waals surface area contributed by atoms with Crippen LogP contribution in [0.2, 0.25) is 0 Å². The largest absolute Gasteiger partial charge is 0.480 e. The maximum absolute atomic E-state index is 10.7. The summed E-state index contributed by atoms with van der Waals surface area (Å²) in [5.41, 5.74) is 0. The third-order valence-electron chi connectivity index (χ3n) is 2.53. The van der Waals surface area contributed by atoms with Gasteiger partial charge in [-0.2, -0.15) is 0 Å². The van der Waals surface area contributed by atoms with Gasteiger partial charge in [0.1, 0.15) is 6.04 Å². The van der Waals surface area contributed by atoms with Crippen LogP contribution >= 0.6 is 0 Å². The molecule has 0 saturated carbocycles. The Hall–Kier alpha value is -0.570. The minimum Gasteiger partial charge on any atom is -0.480 e. The van der Waals surface area contributed by atoms with Gasteiger partial charge in [0.15, 0.2) is 0 Å². The molecular formula is C10H21NO2. The van der Waals surface area contributed by atoms with Gasteiger partial charge in [0.05, 0.1) is 0 Å². The van der Waals surface area contributed by atoms with Crippen LogP contribution in [-0.4, -0.2) is 23.7 Å². The molecule has 0 aliphatic carbocycles. The molecule has 0 bridgehead atoms. The maximum Gasteiger partial charge on any atom is 0.320 e. The van der Waals surface area contributed by atoms with Gasteiger partial charge < -0.3 is 10.4 Å². The lowest BCUT2D eigenvalue weighted by Gasteiger charge is -2.19. The number of carboxylic acid groups (broad SMARTS) is 1. The third kappa shape index (κ3) is 4.88. The number of hydrogen-bond acceptors (Lipinski definition) is 2. The highest BCUT2D eigenvalue weighted by Gasteiger charge is 2.15. The summed E-state index contributed by atoms with van der Waals surface area (Å²) in [5, 5.41) is 11.8. The second-order valence-electron chi connectivity index (χ2n) is 3.93. The lowest BCUT2D eigenvalue weighted by atomic mass is 9.98. The predicted molar refractivity (Wildman–Crippen MR) is 53.7 cm³/mol. The van der Waals surface area contributed by atoms with Crippen LogP contribution in [0.15, 0.2) is 0 Å². The van der Waals surface area contributed by atoms with E-state index in [1.165, 1.54) is 0 Å². The van der Waals surface area contributed by atoms with Gasteiger partial charge in [0.25, 0.3) is 0 Å². The fourth-order valence-corrected chi connectivity index (χ4v) is 0.970. The molecule has 0 radical (unpaired) electrons. The Morgan fingerprint density at radius 1 is 1.38 bits per heavy atom. The Balaban J connectivity index is 3.78. The van der Waals surface area contributed by atoms with Crippen molar-refractivity contribution >= 4 is 5.97 Å². The molecule has 0 rings (SSSR count). The van der Waals surface area contributed by atoms with E-state index in [0.717, 1.165) is 6.54 Å². The van der Waals surface area contributed by atoms with E-state index >= 15 is 0 Å². The van der Waals surface area contributed by atoms with E-state index in [1.54, 1.807) is 0 Å². The van der Waals surface area contributed by atoms with Crippen molar-refractivity contribution in [2.45, 2.75) is 40.2 Å². The second-order valence-corrected chi connectivity index (χ2v) is 3.93. The predicted octanol–water partition coefficient (Wildman–Crippen LogP) is 1.73. The molecule has 3 nitrogen and oxygen atoms in total. The van der Waals surface area contributed by atoms with E-state index in [-0.39, 0.29) is 6.04 Å². The highest BCUT2D eigenvalue weighted by atomic mass is 16.4. The number of nitrogens with one attached hydrogen (secondary N) is 1. The Morgan fingerprint density at radius 3 is 2.23 bits per heavy atom. The van der Waals surface area contributed by atoms with Crippen molar-refractivity contribution in [3.05, 3.63) is 0 Å². The van der Waals surface area contributed by atoms with Crippen LogP contribution in [0.5, 0.6) is 0 Å². The molecule has 0 aromatic rings. The molecule has 0 aliphatic rings. The molecule has 2 N–H and O–H groups in total. The maximum atomic E-state index is 10.7. The average Bonchev–Trinajstić information content (AvgIpc) is 2.04. The summed E-state index contributed by atoms with van der Waals surface area (Å²) in [6.45, 7) is 9.09. The molecule has 13 heavy (non-hydrogen) atoms. The topological polar surface area (TPSA) is 49.3 Å². The molecule has 0 aromatic carbocycles.